The highest BCUT2D eigenvalue weighted by Gasteiger charge is 2.49. The number of aryl methyl sites for hydroxylation is 1. The Hall–Kier alpha value is -1.26. The average Bonchev–Trinajstić information content (AvgIpc) is 2.99. The summed E-state index contributed by atoms with van der Waals surface area (Å²) in [6.07, 6.45) is 1.01. The maximum Gasteiger partial charge on any atom is 0.167 e. The highest BCUT2D eigenvalue weighted by molar-refractivity contribution is 5.54. The van der Waals surface area contributed by atoms with Crippen LogP contribution in [0.4, 0.5) is 0 Å². The predicted molar refractivity (Wildman–Crippen MR) is 68.3 cm³/mol. The fraction of sp³-hybridized carbons (Fsp3) is 0.571. The Morgan fingerprint density at radius 2 is 2.06 bits per heavy atom. The molecule has 2 aliphatic heterocycles. The van der Waals surface area contributed by atoms with Crippen LogP contribution in [0.1, 0.15) is 17.5 Å². The van der Waals surface area contributed by atoms with Gasteiger partial charge in [-0.3, -0.25) is 0 Å². The fourth-order valence-corrected chi connectivity index (χ4v) is 3.10. The van der Waals surface area contributed by atoms with Crippen molar-refractivity contribution in [1.82, 2.24) is 5.32 Å². The molecule has 2 heterocycles. The monoisotopic (exact) mass is 249 g/mol. The lowest BCUT2D eigenvalue weighted by Crippen LogP contribution is -2.37. The van der Waals surface area contributed by atoms with Gasteiger partial charge in [-0.25, -0.2) is 0 Å². The first-order chi connectivity index (χ1) is 8.70. The summed E-state index contributed by atoms with van der Waals surface area (Å²) >= 11 is 0. The molecule has 2 saturated heterocycles. The summed E-state index contributed by atoms with van der Waals surface area (Å²) in [4.78, 5) is 0. The molecular formula is C14H19NO3. The molecule has 2 atom stereocenters. The maximum atomic E-state index is 6.01. The van der Waals surface area contributed by atoms with Crippen LogP contribution in [0, 0.1) is 6.92 Å². The molecule has 3 rings (SSSR count). The molecule has 2 bridgehead atoms. The van der Waals surface area contributed by atoms with Gasteiger partial charge in [0.25, 0.3) is 0 Å². The molecule has 18 heavy (non-hydrogen) atoms. The van der Waals surface area contributed by atoms with E-state index in [1.165, 1.54) is 0 Å². The summed E-state index contributed by atoms with van der Waals surface area (Å²) in [5, 5.41) is 3.48. The quantitative estimate of drug-likeness (QED) is 0.883. The molecule has 2 aliphatic rings. The van der Waals surface area contributed by atoms with Crippen molar-refractivity contribution in [2.24, 2.45) is 0 Å². The van der Waals surface area contributed by atoms with Crippen LogP contribution in [0.3, 0.4) is 0 Å². The van der Waals surface area contributed by atoms with E-state index < -0.39 is 0 Å². The Morgan fingerprint density at radius 3 is 2.56 bits per heavy atom. The average molecular weight is 249 g/mol. The highest BCUT2D eigenvalue weighted by atomic mass is 16.5. The molecule has 0 radical (unpaired) electrons. The van der Waals surface area contributed by atoms with Crippen LogP contribution in [-0.4, -0.2) is 33.4 Å². The molecule has 0 spiro atoms. The van der Waals surface area contributed by atoms with Crippen LogP contribution in [0.15, 0.2) is 12.1 Å². The van der Waals surface area contributed by atoms with Gasteiger partial charge in [0.2, 0.25) is 0 Å². The lowest BCUT2D eigenvalue weighted by Gasteiger charge is -2.29. The van der Waals surface area contributed by atoms with Crippen molar-refractivity contribution in [3.63, 3.8) is 0 Å². The summed E-state index contributed by atoms with van der Waals surface area (Å²) in [6.45, 7) is 3.65. The van der Waals surface area contributed by atoms with E-state index >= 15 is 0 Å². The zero-order chi connectivity index (χ0) is 12.8. The lowest BCUT2D eigenvalue weighted by molar-refractivity contribution is -0.0113. The maximum absolute atomic E-state index is 6.01. The molecule has 2 unspecified atom stereocenters. The molecular weight excluding hydrogens is 230 g/mol. The third-order valence-corrected chi connectivity index (χ3v) is 4.02. The fourth-order valence-electron chi connectivity index (χ4n) is 3.10. The molecule has 98 valence electrons. The summed E-state index contributed by atoms with van der Waals surface area (Å²) in [6, 6.07) is 4.65. The minimum absolute atomic E-state index is 0.239. The zero-order valence-corrected chi connectivity index (χ0v) is 11.1. The van der Waals surface area contributed by atoms with Crippen LogP contribution in [0.5, 0.6) is 11.5 Å². The molecule has 0 amide bonds. The highest BCUT2D eigenvalue weighted by Crippen LogP contribution is 2.47. The van der Waals surface area contributed by atoms with Gasteiger partial charge in [-0.05, 0) is 18.9 Å². The largest absolute Gasteiger partial charge is 0.493 e. The van der Waals surface area contributed by atoms with Gasteiger partial charge in [-0.1, -0.05) is 12.1 Å². The number of hydrogen-bond acceptors (Lipinski definition) is 4. The predicted octanol–water partition coefficient (Wildman–Crippen LogP) is 1.60. The molecule has 4 heteroatoms. The van der Waals surface area contributed by atoms with Crippen molar-refractivity contribution >= 4 is 0 Å². The Bertz CT molecular complexity index is 464. The molecule has 0 saturated carbocycles. The Kier molecular flexibility index (Phi) is 2.72. The SMILES string of the molecule is COc1c(C)ccc(C23CNC(CO2)C3)c1OC. The number of benzene rings is 1. The van der Waals surface area contributed by atoms with Crippen molar-refractivity contribution in [2.45, 2.75) is 25.0 Å². The molecule has 0 aromatic heterocycles. The molecule has 4 nitrogen and oxygen atoms in total. The van der Waals surface area contributed by atoms with E-state index in [2.05, 4.69) is 17.4 Å². The van der Waals surface area contributed by atoms with E-state index in [0.29, 0.717) is 6.04 Å². The molecule has 1 aromatic carbocycles. The number of nitrogens with one attached hydrogen (secondary N) is 1. The van der Waals surface area contributed by atoms with Gasteiger partial charge in [0.1, 0.15) is 5.60 Å². The first kappa shape index (κ1) is 11.8. The second kappa shape index (κ2) is 4.14. The van der Waals surface area contributed by atoms with Gasteiger partial charge in [0, 0.05) is 18.2 Å². The molecule has 2 fully saturated rings. The van der Waals surface area contributed by atoms with Gasteiger partial charge in [0.15, 0.2) is 11.5 Å². The number of morpholine rings is 1. The second-order valence-corrected chi connectivity index (χ2v) is 5.08. The van der Waals surface area contributed by atoms with Crippen molar-refractivity contribution in [2.75, 3.05) is 27.4 Å². The molecule has 1 N–H and O–H groups in total. The van der Waals surface area contributed by atoms with E-state index in [9.17, 15) is 0 Å². The summed E-state index contributed by atoms with van der Waals surface area (Å²) in [5.41, 5.74) is 1.94. The van der Waals surface area contributed by atoms with Crippen molar-refractivity contribution < 1.29 is 14.2 Å². The van der Waals surface area contributed by atoms with Gasteiger partial charge in [-0.2, -0.15) is 0 Å². The number of rotatable bonds is 3. The number of methoxy groups -OCH3 is 2. The topological polar surface area (TPSA) is 39.7 Å². The summed E-state index contributed by atoms with van der Waals surface area (Å²) < 4.78 is 17.1. The van der Waals surface area contributed by atoms with Crippen LogP contribution in [-0.2, 0) is 10.3 Å². The van der Waals surface area contributed by atoms with Crippen LogP contribution < -0.4 is 14.8 Å². The number of ether oxygens (including phenoxy) is 3. The van der Waals surface area contributed by atoms with E-state index in [0.717, 1.165) is 42.2 Å². The Labute approximate surface area is 107 Å². The van der Waals surface area contributed by atoms with Crippen LogP contribution >= 0.6 is 0 Å². The van der Waals surface area contributed by atoms with E-state index in [4.69, 9.17) is 14.2 Å². The summed E-state index contributed by atoms with van der Waals surface area (Å²) in [5.74, 6) is 1.62. The smallest absolute Gasteiger partial charge is 0.167 e. The van der Waals surface area contributed by atoms with E-state index in [1.807, 2.05) is 6.92 Å². The van der Waals surface area contributed by atoms with Crippen molar-refractivity contribution in [3.05, 3.63) is 23.3 Å². The minimum Gasteiger partial charge on any atom is -0.493 e. The van der Waals surface area contributed by atoms with Crippen LogP contribution in [0.25, 0.3) is 0 Å². The second-order valence-electron chi connectivity index (χ2n) is 5.08. The van der Waals surface area contributed by atoms with Gasteiger partial charge in [-0.15, -0.1) is 0 Å². The van der Waals surface area contributed by atoms with Crippen molar-refractivity contribution in [1.29, 1.82) is 0 Å². The van der Waals surface area contributed by atoms with Gasteiger partial charge >= 0.3 is 0 Å². The minimum atomic E-state index is -0.239. The first-order valence-electron chi connectivity index (χ1n) is 6.29. The van der Waals surface area contributed by atoms with Crippen molar-refractivity contribution in [3.8, 4) is 11.5 Å². The zero-order valence-electron chi connectivity index (χ0n) is 11.1. The van der Waals surface area contributed by atoms with E-state index in [-0.39, 0.29) is 5.60 Å². The Morgan fingerprint density at radius 1 is 1.28 bits per heavy atom. The number of fused-ring (bicyclic) bond motifs is 2. The van der Waals surface area contributed by atoms with Gasteiger partial charge in [0.05, 0.1) is 20.8 Å². The van der Waals surface area contributed by atoms with Crippen LogP contribution in [0.2, 0.25) is 0 Å². The van der Waals surface area contributed by atoms with Gasteiger partial charge < -0.3 is 19.5 Å². The molecule has 0 aliphatic carbocycles. The standard InChI is InChI=1S/C14H19NO3/c1-9-4-5-11(13(17-3)12(9)16-2)14-6-10(7-18-14)15-8-14/h4-5,10,15H,6-8H2,1-3H3. The first-order valence-corrected chi connectivity index (χ1v) is 6.29. The third kappa shape index (κ3) is 1.52. The summed E-state index contributed by atoms with van der Waals surface area (Å²) in [7, 11) is 3.36. The number of hydrogen-bond donors (Lipinski definition) is 1. The normalized spacial score (nSPS) is 29.6. The molecule has 1 aromatic rings. The lowest BCUT2D eigenvalue weighted by atomic mass is 9.90. The third-order valence-electron chi connectivity index (χ3n) is 4.02. The van der Waals surface area contributed by atoms with E-state index in [1.54, 1.807) is 14.2 Å². The Balaban J connectivity index is 2.12.